The molecule has 0 saturated heterocycles. The molecule has 0 aromatic heterocycles. The van der Waals surface area contributed by atoms with Crippen LogP contribution in [0.1, 0.15) is 6.92 Å². The van der Waals surface area contributed by atoms with E-state index in [0.29, 0.717) is 5.57 Å². The maximum absolute atomic E-state index is 10.8. The topological polar surface area (TPSA) is 60.6 Å². The molecule has 0 atom stereocenters. The lowest BCUT2D eigenvalue weighted by atomic mass is 10.4. The normalized spacial score (nSPS) is 17.8. The van der Waals surface area contributed by atoms with Gasteiger partial charge >= 0.3 is 0 Å². The van der Waals surface area contributed by atoms with Crippen LogP contribution in [0.3, 0.4) is 0 Å². The van der Waals surface area contributed by atoms with E-state index in [2.05, 4.69) is 10.5 Å². The van der Waals surface area contributed by atoms with E-state index in [4.69, 9.17) is 0 Å². The van der Waals surface area contributed by atoms with Gasteiger partial charge in [-0.05, 0) is 6.92 Å². The van der Waals surface area contributed by atoms with Crippen molar-refractivity contribution in [3.63, 3.8) is 0 Å². The number of hydrogen-bond acceptors (Lipinski definition) is 3. The van der Waals surface area contributed by atoms with Crippen molar-refractivity contribution in [2.75, 3.05) is 6.26 Å². The molecule has 1 aliphatic heterocycles. The molecule has 5 heteroatoms. The van der Waals surface area contributed by atoms with E-state index < -0.39 is 9.84 Å². The van der Waals surface area contributed by atoms with Crippen LogP contribution in [-0.4, -0.2) is 20.9 Å². The van der Waals surface area contributed by atoms with Crippen molar-refractivity contribution < 1.29 is 8.42 Å². The molecule has 0 aromatic rings. The Kier molecular flexibility index (Phi) is 1.52. The average molecular weight is 159 g/mol. The van der Waals surface area contributed by atoms with Crippen molar-refractivity contribution in [2.24, 2.45) is 5.10 Å². The van der Waals surface area contributed by atoms with E-state index >= 15 is 0 Å². The predicted molar refractivity (Wildman–Crippen MR) is 38.2 cm³/mol. The largest absolute Gasteiger partial charge is 0.222 e. The molecule has 0 bridgehead atoms. The van der Waals surface area contributed by atoms with Crippen LogP contribution in [0, 0.1) is 0 Å². The highest BCUT2D eigenvalue weighted by Gasteiger charge is 2.18. The zero-order valence-electron chi connectivity index (χ0n) is 5.70. The molecule has 0 N–H and O–H groups in total. The molecular weight excluding hydrogens is 152 g/mol. The van der Waals surface area contributed by atoms with Crippen molar-refractivity contribution in [2.45, 2.75) is 6.92 Å². The van der Waals surface area contributed by atoms with Crippen molar-refractivity contribution in [3.8, 4) is 0 Å². The van der Waals surface area contributed by atoms with Crippen LogP contribution >= 0.6 is 0 Å². The average Bonchev–Trinajstić information content (AvgIpc) is 2.11. The summed E-state index contributed by atoms with van der Waals surface area (Å²) in [7, 11) is -3.16. The highest BCUT2D eigenvalue weighted by atomic mass is 32.2. The summed E-state index contributed by atoms with van der Waals surface area (Å²) in [5, 5.41) is 3.54. The molecule has 4 nitrogen and oxygen atoms in total. The van der Waals surface area contributed by atoms with Crippen molar-refractivity contribution in [1.82, 2.24) is 5.43 Å². The van der Waals surface area contributed by atoms with E-state index in [0.717, 1.165) is 6.26 Å². The van der Waals surface area contributed by atoms with Gasteiger partial charge in [0.05, 0.1) is 6.21 Å². The monoisotopic (exact) mass is 159 g/mol. The fourth-order valence-electron chi connectivity index (χ4n) is 0.669. The SMILES string of the molecule is CC1=C(S(C)(=O)=O)[N]N=C1. The number of hydrogen-bond donors (Lipinski definition) is 0. The summed E-state index contributed by atoms with van der Waals surface area (Å²) >= 11 is 0. The van der Waals surface area contributed by atoms with Crippen LogP contribution < -0.4 is 5.43 Å². The highest BCUT2D eigenvalue weighted by Crippen LogP contribution is 2.11. The van der Waals surface area contributed by atoms with Gasteiger partial charge in [-0.1, -0.05) is 0 Å². The molecule has 10 heavy (non-hydrogen) atoms. The van der Waals surface area contributed by atoms with Gasteiger partial charge in [-0.3, -0.25) is 0 Å². The number of rotatable bonds is 1. The van der Waals surface area contributed by atoms with Gasteiger partial charge in [0, 0.05) is 11.8 Å². The maximum Gasteiger partial charge on any atom is 0.194 e. The lowest BCUT2D eigenvalue weighted by Crippen LogP contribution is -2.07. The van der Waals surface area contributed by atoms with Gasteiger partial charge in [0.2, 0.25) is 0 Å². The van der Waals surface area contributed by atoms with Crippen LogP contribution in [0.5, 0.6) is 0 Å². The van der Waals surface area contributed by atoms with Crippen molar-refractivity contribution in [1.29, 1.82) is 0 Å². The number of allylic oxidation sites excluding steroid dienone is 1. The van der Waals surface area contributed by atoms with E-state index in [1.54, 1.807) is 6.92 Å². The van der Waals surface area contributed by atoms with E-state index in [1.165, 1.54) is 6.21 Å². The van der Waals surface area contributed by atoms with E-state index in [-0.39, 0.29) is 5.03 Å². The molecule has 0 aromatic carbocycles. The molecule has 0 fully saturated rings. The summed E-state index contributed by atoms with van der Waals surface area (Å²) in [6.45, 7) is 1.66. The first-order chi connectivity index (χ1) is 4.52. The molecule has 55 valence electrons. The summed E-state index contributed by atoms with van der Waals surface area (Å²) in [6, 6.07) is 0. The molecule has 1 heterocycles. The maximum atomic E-state index is 10.8. The molecule has 0 aliphatic carbocycles. The third-order valence-electron chi connectivity index (χ3n) is 1.09. The lowest BCUT2D eigenvalue weighted by Gasteiger charge is -1.95. The van der Waals surface area contributed by atoms with Gasteiger partial charge in [-0.25, -0.2) is 8.42 Å². The molecule has 0 spiro atoms. The minimum absolute atomic E-state index is 0.0764. The summed E-state index contributed by atoms with van der Waals surface area (Å²) in [6.07, 6.45) is 2.54. The minimum atomic E-state index is -3.16. The zero-order valence-corrected chi connectivity index (χ0v) is 6.51. The van der Waals surface area contributed by atoms with Gasteiger partial charge in [-0.15, -0.1) is 5.43 Å². The second kappa shape index (κ2) is 2.09. The molecule has 0 saturated carbocycles. The quantitative estimate of drug-likeness (QED) is 0.535. The van der Waals surface area contributed by atoms with Crippen LogP contribution in [0.25, 0.3) is 0 Å². The van der Waals surface area contributed by atoms with E-state index in [1.807, 2.05) is 0 Å². The Hall–Kier alpha value is -0.840. The van der Waals surface area contributed by atoms with Crippen molar-refractivity contribution >= 4 is 16.1 Å². The van der Waals surface area contributed by atoms with Crippen LogP contribution in [-0.2, 0) is 9.84 Å². The van der Waals surface area contributed by atoms with Gasteiger partial charge in [0.1, 0.15) is 0 Å². The Labute approximate surface area is 59.5 Å². The Morgan fingerprint density at radius 2 is 2.10 bits per heavy atom. The summed E-state index contributed by atoms with van der Waals surface area (Å²) < 4.78 is 21.6. The Bertz CT molecular complexity index is 300. The predicted octanol–water partition coefficient (Wildman–Crippen LogP) is -0.134. The van der Waals surface area contributed by atoms with Gasteiger partial charge in [0.15, 0.2) is 14.9 Å². The Balaban J connectivity index is 3.10. The first-order valence-electron chi connectivity index (χ1n) is 2.67. The molecular formula is C5H7N2O2S. The molecule has 1 radical (unpaired) electrons. The zero-order chi connectivity index (χ0) is 7.78. The highest BCUT2D eigenvalue weighted by molar-refractivity contribution is 7.94. The minimum Gasteiger partial charge on any atom is -0.222 e. The first-order valence-corrected chi connectivity index (χ1v) is 4.56. The molecule has 1 rings (SSSR count). The van der Waals surface area contributed by atoms with Crippen molar-refractivity contribution in [3.05, 3.63) is 10.6 Å². The fraction of sp³-hybridized carbons (Fsp3) is 0.400. The third kappa shape index (κ3) is 1.18. The van der Waals surface area contributed by atoms with Crippen LogP contribution in [0.15, 0.2) is 15.7 Å². The van der Waals surface area contributed by atoms with Gasteiger partial charge < -0.3 is 0 Å². The van der Waals surface area contributed by atoms with Crippen LogP contribution in [0.2, 0.25) is 0 Å². The van der Waals surface area contributed by atoms with E-state index in [9.17, 15) is 8.42 Å². The number of nitrogens with zero attached hydrogens (tertiary/aromatic N) is 2. The molecule has 0 unspecified atom stereocenters. The summed E-state index contributed by atoms with van der Waals surface area (Å²) in [5.74, 6) is 0. The second-order valence-corrected chi connectivity index (χ2v) is 4.04. The standard InChI is InChI=1S/C5H7N2O2S/c1-4-3-6-7-5(4)10(2,8)9/h3H,1-2H3. The van der Waals surface area contributed by atoms with Crippen LogP contribution in [0.4, 0.5) is 0 Å². The Morgan fingerprint density at radius 1 is 1.50 bits per heavy atom. The molecule has 1 aliphatic rings. The lowest BCUT2D eigenvalue weighted by molar-refractivity contribution is 0.603. The first kappa shape index (κ1) is 7.27. The third-order valence-corrected chi connectivity index (χ3v) is 2.19. The fourth-order valence-corrected chi connectivity index (χ4v) is 1.50. The Morgan fingerprint density at radius 3 is 2.30 bits per heavy atom. The second-order valence-electron chi connectivity index (χ2n) is 2.10. The summed E-state index contributed by atoms with van der Waals surface area (Å²) in [5.41, 5.74) is 4.05. The number of sulfone groups is 1. The smallest absolute Gasteiger partial charge is 0.194 e. The van der Waals surface area contributed by atoms with Gasteiger partial charge in [0.25, 0.3) is 0 Å². The van der Waals surface area contributed by atoms with Gasteiger partial charge in [-0.2, -0.15) is 5.10 Å². The molecule has 0 amide bonds. The summed E-state index contributed by atoms with van der Waals surface area (Å²) in [4.78, 5) is 0.